The summed E-state index contributed by atoms with van der Waals surface area (Å²) in [7, 11) is 0. The molecule has 0 aliphatic heterocycles. The predicted molar refractivity (Wildman–Crippen MR) is 305 cm³/mol. The van der Waals surface area contributed by atoms with Crippen molar-refractivity contribution in [2.24, 2.45) is 0 Å². The van der Waals surface area contributed by atoms with E-state index < -0.39 is 18.2 Å². The predicted octanol–water partition coefficient (Wildman–Crippen LogP) is 19.4. The Balaban J connectivity index is 4.57. The van der Waals surface area contributed by atoms with Crippen LogP contribution in [-0.4, -0.2) is 46.9 Å². The lowest BCUT2D eigenvalue weighted by molar-refractivity contribution is -0.151. The Bertz CT molecular complexity index is 1190. The molecule has 0 heterocycles. The largest absolute Gasteiger partial charge is 0.462 e. The Labute approximate surface area is 436 Å². The number of carbonyl (C=O) groups excluding carboxylic acids is 2. The summed E-state index contributed by atoms with van der Waals surface area (Å²) in [5, 5.41) is 24.0. The molecular formula is C64H119NO5. The molecule has 3 atom stereocenters. The summed E-state index contributed by atoms with van der Waals surface area (Å²) in [5.41, 5.74) is 0. The van der Waals surface area contributed by atoms with Gasteiger partial charge in [-0.15, -0.1) is 0 Å². The fraction of sp³-hybridized carbons (Fsp3) is 0.844. The first-order chi connectivity index (χ1) is 34.5. The minimum atomic E-state index is -0.796. The van der Waals surface area contributed by atoms with E-state index in [1.165, 1.54) is 193 Å². The molecule has 0 radical (unpaired) electrons. The lowest BCUT2D eigenvalue weighted by Crippen LogP contribution is -2.46. The molecule has 1 amide bonds. The van der Waals surface area contributed by atoms with Crippen molar-refractivity contribution in [3.05, 3.63) is 48.6 Å². The zero-order valence-corrected chi connectivity index (χ0v) is 46.9. The number of rotatable bonds is 56. The van der Waals surface area contributed by atoms with E-state index in [0.717, 1.165) is 83.5 Å². The molecule has 3 N–H and O–H groups in total. The fourth-order valence-electron chi connectivity index (χ4n) is 9.43. The molecule has 0 aromatic carbocycles. The van der Waals surface area contributed by atoms with Gasteiger partial charge in [-0.3, -0.25) is 9.59 Å². The summed E-state index contributed by atoms with van der Waals surface area (Å²) < 4.78 is 5.97. The highest BCUT2D eigenvalue weighted by Gasteiger charge is 2.24. The number of nitrogens with one attached hydrogen (secondary N) is 1. The third-order valence-electron chi connectivity index (χ3n) is 14.1. The Morgan fingerprint density at radius 3 is 1.14 bits per heavy atom. The van der Waals surface area contributed by atoms with Crippen LogP contribution in [0.4, 0.5) is 0 Å². The van der Waals surface area contributed by atoms with Gasteiger partial charge in [0.2, 0.25) is 5.91 Å². The highest BCUT2D eigenvalue weighted by molar-refractivity contribution is 5.77. The molecule has 6 nitrogen and oxygen atoms in total. The van der Waals surface area contributed by atoms with Gasteiger partial charge in [0.15, 0.2) is 0 Å². The Morgan fingerprint density at radius 1 is 0.414 bits per heavy atom. The van der Waals surface area contributed by atoms with Crippen LogP contribution in [0.5, 0.6) is 0 Å². The first-order valence-electron chi connectivity index (χ1n) is 30.9. The number of amides is 1. The maximum Gasteiger partial charge on any atom is 0.306 e. The van der Waals surface area contributed by atoms with Gasteiger partial charge in [0.25, 0.3) is 0 Å². The molecule has 70 heavy (non-hydrogen) atoms. The number of unbranched alkanes of at least 4 members (excludes halogenated alkanes) is 36. The second-order valence-corrected chi connectivity index (χ2v) is 21.1. The van der Waals surface area contributed by atoms with Crippen LogP contribution < -0.4 is 5.32 Å². The second-order valence-electron chi connectivity index (χ2n) is 21.1. The van der Waals surface area contributed by atoms with Gasteiger partial charge in [-0.2, -0.15) is 0 Å². The van der Waals surface area contributed by atoms with Gasteiger partial charge in [0.1, 0.15) is 6.10 Å². The van der Waals surface area contributed by atoms with E-state index in [-0.39, 0.29) is 24.9 Å². The fourth-order valence-corrected chi connectivity index (χ4v) is 9.43. The molecule has 6 heteroatoms. The van der Waals surface area contributed by atoms with Crippen molar-refractivity contribution in [1.82, 2.24) is 5.32 Å². The van der Waals surface area contributed by atoms with Gasteiger partial charge >= 0.3 is 5.97 Å². The van der Waals surface area contributed by atoms with E-state index in [1.807, 2.05) is 0 Å². The SMILES string of the molecule is CCCCC/C=C\C/C=C\C/C=C\CCCCCCC(CC(=O)NC(CO)C(O)CCCCCCCCCCCCCCCCCCC)OC(=O)CCCCCCCCC/C=C/CCCCCCCC. The van der Waals surface area contributed by atoms with E-state index in [0.29, 0.717) is 19.3 Å². The van der Waals surface area contributed by atoms with E-state index in [9.17, 15) is 19.8 Å². The third-order valence-corrected chi connectivity index (χ3v) is 14.1. The van der Waals surface area contributed by atoms with Gasteiger partial charge in [-0.05, 0) is 89.9 Å². The zero-order valence-electron chi connectivity index (χ0n) is 46.9. The standard InChI is InChI=1S/C64H119NO5/c1-4-7-10-13-16-19-22-25-28-31-34-37-40-43-46-49-52-55-60(70-64(69)57-54-51-48-45-42-39-36-33-30-27-24-21-18-15-12-9-6-3)58-63(68)65-61(59-66)62(67)56-53-50-47-44-41-38-35-32-29-26-23-20-17-14-11-8-5-2/h16,19,25,27-28,30,34,37,60-62,66-67H,4-15,17-18,20-24,26,29,31-33,35-36,38-59H2,1-3H3,(H,65,68)/b19-16-,28-25-,30-27+,37-34-. The van der Waals surface area contributed by atoms with Crippen molar-refractivity contribution in [2.45, 2.75) is 341 Å². The third kappa shape index (κ3) is 52.2. The zero-order chi connectivity index (χ0) is 50.9. The van der Waals surface area contributed by atoms with Gasteiger partial charge in [-0.1, -0.05) is 268 Å². The number of aliphatic hydroxyl groups excluding tert-OH is 2. The van der Waals surface area contributed by atoms with Crippen LogP contribution in [0.1, 0.15) is 323 Å². The molecule has 0 rings (SSSR count). The molecule has 0 aromatic rings. The maximum absolute atomic E-state index is 13.3. The summed E-state index contributed by atoms with van der Waals surface area (Å²) in [4.78, 5) is 26.3. The highest BCUT2D eigenvalue weighted by atomic mass is 16.5. The average molecular weight is 983 g/mol. The number of carbonyl (C=O) groups is 2. The quantitative estimate of drug-likeness (QED) is 0.0321. The molecule has 0 aliphatic rings. The van der Waals surface area contributed by atoms with Gasteiger partial charge in [0.05, 0.1) is 25.2 Å². The normalized spacial score (nSPS) is 13.4. The van der Waals surface area contributed by atoms with Crippen molar-refractivity contribution in [2.75, 3.05) is 6.61 Å². The highest BCUT2D eigenvalue weighted by Crippen LogP contribution is 2.18. The van der Waals surface area contributed by atoms with E-state index >= 15 is 0 Å². The summed E-state index contributed by atoms with van der Waals surface area (Å²) in [5.74, 6) is -0.487. The first kappa shape index (κ1) is 67.8. The van der Waals surface area contributed by atoms with Crippen molar-refractivity contribution in [3.8, 4) is 0 Å². The van der Waals surface area contributed by atoms with Crippen molar-refractivity contribution in [1.29, 1.82) is 0 Å². The number of ether oxygens (including phenoxy) is 1. The van der Waals surface area contributed by atoms with Crippen molar-refractivity contribution in [3.63, 3.8) is 0 Å². The number of allylic oxidation sites excluding steroid dienone is 8. The van der Waals surface area contributed by atoms with Crippen LogP contribution in [0.15, 0.2) is 48.6 Å². The molecule has 0 aliphatic carbocycles. The molecule has 410 valence electrons. The van der Waals surface area contributed by atoms with Crippen LogP contribution in [-0.2, 0) is 14.3 Å². The number of hydrogen-bond donors (Lipinski definition) is 3. The van der Waals surface area contributed by atoms with Crippen LogP contribution >= 0.6 is 0 Å². The number of hydrogen-bond acceptors (Lipinski definition) is 5. The summed E-state index contributed by atoms with van der Waals surface area (Å²) in [6.07, 6.45) is 71.8. The van der Waals surface area contributed by atoms with Crippen molar-refractivity contribution < 1.29 is 24.5 Å². The van der Waals surface area contributed by atoms with Crippen LogP contribution in [0.2, 0.25) is 0 Å². The van der Waals surface area contributed by atoms with Gasteiger partial charge < -0.3 is 20.3 Å². The molecule has 0 aromatic heterocycles. The molecule has 0 bridgehead atoms. The minimum absolute atomic E-state index is 0.0627. The van der Waals surface area contributed by atoms with E-state index in [1.54, 1.807) is 0 Å². The smallest absolute Gasteiger partial charge is 0.306 e. The molecule has 0 spiro atoms. The van der Waals surface area contributed by atoms with Crippen molar-refractivity contribution >= 4 is 11.9 Å². The lowest BCUT2D eigenvalue weighted by Gasteiger charge is -2.24. The molecule has 0 saturated heterocycles. The van der Waals surface area contributed by atoms with Crippen LogP contribution in [0.25, 0.3) is 0 Å². The summed E-state index contributed by atoms with van der Waals surface area (Å²) >= 11 is 0. The Hall–Kier alpha value is -2.18. The van der Waals surface area contributed by atoms with Crippen LogP contribution in [0, 0.1) is 0 Å². The van der Waals surface area contributed by atoms with Gasteiger partial charge in [0, 0.05) is 6.42 Å². The van der Waals surface area contributed by atoms with E-state index in [4.69, 9.17) is 4.74 Å². The monoisotopic (exact) mass is 982 g/mol. The topological polar surface area (TPSA) is 95.9 Å². The summed E-state index contributed by atoms with van der Waals surface area (Å²) in [6, 6.07) is -0.711. The first-order valence-corrected chi connectivity index (χ1v) is 30.9. The maximum atomic E-state index is 13.3. The van der Waals surface area contributed by atoms with E-state index in [2.05, 4.69) is 74.7 Å². The molecule has 3 unspecified atom stereocenters. The number of aliphatic hydroxyl groups is 2. The Morgan fingerprint density at radius 2 is 0.729 bits per heavy atom. The second kappa shape index (κ2) is 57.7. The average Bonchev–Trinajstić information content (AvgIpc) is 3.35. The molecule has 0 fully saturated rings. The molecule has 0 saturated carbocycles. The van der Waals surface area contributed by atoms with Gasteiger partial charge in [-0.25, -0.2) is 0 Å². The lowest BCUT2D eigenvalue weighted by atomic mass is 10.0. The van der Waals surface area contributed by atoms with Crippen LogP contribution in [0.3, 0.4) is 0 Å². The Kier molecular flexibility index (Phi) is 55.9. The summed E-state index contributed by atoms with van der Waals surface area (Å²) in [6.45, 7) is 6.49. The number of esters is 1. The molecular weight excluding hydrogens is 863 g/mol. The minimum Gasteiger partial charge on any atom is -0.462 e.